The predicted octanol–water partition coefficient (Wildman–Crippen LogP) is 5.46. The minimum Gasteiger partial charge on any atom is -0.493 e. The molecule has 0 saturated heterocycles. The lowest BCUT2D eigenvalue weighted by Gasteiger charge is -2.12. The van der Waals surface area contributed by atoms with Crippen molar-refractivity contribution >= 4 is 12.2 Å². The van der Waals surface area contributed by atoms with E-state index in [4.69, 9.17) is 18.9 Å². The van der Waals surface area contributed by atoms with Gasteiger partial charge < -0.3 is 18.9 Å². The molecule has 0 aliphatic carbocycles. The quantitative estimate of drug-likeness (QED) is 0.489. The number of rotatable bonds is 8. The smallest absolute Gasteiger partial charge is 0.203 e. The Kier molecular flexibility index (Phi) is 6.58. The molecule has 28 heavy (non-hydrogen) atoms. The Morgan fingerprint density at radius 3 is 2.00 bits per heavy atom. The molecule has 0 atom stereocenters. The maximum Gasteiger partial charge on any atom is 0.203 e. The van der Waals surface area contributed by atoms with E-state index < -0.39 is 0 Å². The van der Waals surface area contributed by atoms with Crippen molar-refractivity contribution in [2.24, 2.45) is 0 Å². The van der Waals surface area contributed by atoms with Crippen LogP contribution in [0.4, 0.5) is 0 Å². The highest BCUT2D eigenvalue weighted by atomic mass is 16.5. The van der Waals surface area contributed by atoms with Crippen LogP contribution in [0, 0.1) is 0 Å². The molecule has 0 radical (unpaired) electrons. The van der Waals surface area contributed by atoms with Gasteiger partial charge in [0.25, 0.3) is 0 Å². The largest absolute Gasteiger partial charge is 0.493 e. The maximum atomic E-state index is 5.90. The van der Waals surface area contributed by atoms with Gasteiger partial charge in [0.05, 0.1) is 21.3 Å². The van der Waals surface area contributed by atoms with Crippen LogP contribution >= 0.6 is 0 Å². The summed E-state index contributed by atoms with van der Waals surface area (Å²) in [4.78, 5) is 0. The highest BCUT2D eigenvalue weighted by molar-refractivity contribution is 5.73. The average molecular weight is 376 g/mol. The minimum absolute atomic E-state index is 0.543. The topological polar surface area (TPSA) is 36.9 Å². The highest BCUT2D eigenvalue weighted by Crippen LogP contribution is 2.38. The van der Waals surface area contributed by atoms with Gasteiger partial charge in [-0.2, -0.15) is 0 Å². The SMILES string of the molecule is COc1cc(/C=C/c2cccc(OCc3ccccc3)c2)cc(OC)c1OC. The van der Waals surface area contributed by atoms with Crippen molar-refractivity contribution in [1.29, 1.82) is 0 Å². The lowest BCUT2D eigenvalue weighted by atomic mass is 10.1. The third kappa shape index (κ3) is 4.86. The molecular formula is C24H24O4. The molecule has 0 spiro atoms. The molecule has 4 nitrogen and oxygen atoms in total. The summed E-state index contributed by atoms with van der Waals surface area (Å²) < 4.78 is 22.1. The van der Waals surface area contributed by atoms with Gasteiger partial charge >= 0.3 is 0 Å². The van der Waals surface area contributed by atoms with Gasteiger partial charge in [0.1, 0.15) is 12.4 Å². The number of hydrogen-bond acceptors (Lipinski definition) is 4. The Hall–Kier alpha value is -3.40. The van der Waals surface area contributed by atoms with Gasteiger partial charge in [0.2, 0.25) is 5.75 Å². The molecule has 3 aromatic carbocycles. The molecule has 0 fully saturated rings. The highest BCUT2D eigenvalue weighted by Gasteiger charge is 2.11. The summed E-state index contributed by atoms with van der Waals surface area (Å²) in [5.74, 6) is 2.66. The normalized spacial score (nSPS) is 10.7. The van der Waals surface area contributed by atoms with Crippen LogP contribution in [0.1, 0.15) is 16.7 Å². The fourth-order valence-corrected chi connectivity index (χ4v) is 2.84. The van der Waals surface area contributed by atoms with E-state index in [1.165, 1.54) is 0 Å². The zero-order chi connectivity index (χ0) is 19.8. The summed E-state index contributed by atoms with van der Waals surface area (Å²) in [6.07, 6.45) is 4.02. The van der Waals surface area contributed by atoms with E-state index in [9.17, 15) is 0 Å². The van der Waals surface area contributed by atoms with Gasteiger partial charge in [-0.05, 0) is 41.0 Å². The first-order chi connectivity index (χ1) is 13.7. The van der Waals surface area contributed by atoms with Gasteiger partial charge in [0.15, 0.2) is 11.5 Å². The van der Waals surface area contributed by atoms with Crippen LogP contribution < -0.4 is 18.9 Å². The van der Waals surface area contributed by atoms with Gasteiger partial charge in [-0.25, -0.2) is 0 Å². The van der Waals surface area contributed by atoms with E-state index in [1.807, 2.05) is 78.9 Å². The molecule has 0 amide bonds. The lowest BCUT2D eigenvalue weighted by Crippen LogP contribution is -1.95. The van der Waals surface area contributed by atoms with Gasteiger partial charge in [-0.1, -0.05) is 54.6 Å². The van der Waals surface area contributed by atoms with E-state index >= 15 is 0 Å². The number of methoxy groups -OCH3 is 3. The molecule has 0 aliphatic heterocycles. The van der Waals surface area contributed by atoms with Crippen LogP contribution in [0.5, 0.6) is 23.0 Å². The van der Waals surface area contributed by atoms with Crippen molar-refractivity contribution in [3.05, 3.63) is 83.4 Å². The van der Waals surface area contributed by atoms with E-state index in [0.717, 1.165) is 22.4 Å². The standard InChI is InChI=1S/C24H24O4/c1-25-22-15-20(16-23(26-2)24(22)27-3)13-12-18-10-7-11-21(14-18)28-17-19-8-5-4-6-9-19/h4-16H,17H2,1-3H3/b13-12+. The van der Waals surface area contributed by atoms with Crippen LogP contribution in [0.25, 0.3) is 12.2 Å². The second-order valence-corrected chi connectivity index (χ2v) is 6.14. The minimum atomic E-state index is 0.543. The Morgan fingerprint density at radius 1 is 0.679 bits per heavy atom. The molecule has 144 valence electrons. The third-order valence-electron chi connectivity index (χ3n) is 4.26. The zero-order valence-electron chi connectivity index (χ0n) is 16.3. The molecule has 0 bridgehead atoms. The second kappa shape index (κ2) is 9.51. The van der Waals surface area contributed by atoms with Crippen molar-refractivity contribution in [2.75, 3.05) is 21.3 Å². The summed E-state index contributed by atoms with van der Waals surface area (Å²) in [5.41, 5.74) is 3.13. The van der Waals surface area contributed by atoms with Crippen LogP contribution in [0.2, 0.25) is 0 Å². The molecule has 3 rings (SSSR count). The Labute approximate surface area is 165 Å². The van der Waals surface area contributed by atoms with E-state index in [1.54, 1.807) is 21.3 Å². The van der Waals surface area contributed by atoms with Crippen molar-refractivity contribution in [3.63, 3.8) is 0 Å². The molecular weight excluding hydrogens is 352 g/mol. The van der Waals surface area contributed by atoms with Gasteiger partial charge in [-0.3, -0.25) is 0 Å². The van der Waals surface area contributed by atoms with E-state index in [-0.39, 0.29) is 0 Å². The molecule has 0 aliphatic rings. The number of benzene rings is 3. The van der Waals surface area contributed by atoms with Crippen LogP contribution in [-0.2, 0) is 6.61 Å². The predicted molar refractivity (Wildman–Crippen MR) is 112 cm³/mol. The van der Waals surface area contributed by atoms with E-state index in [0.29, 0.717) is 23.9 Å². The second-order valence-electron chi connectivity index (χ2n) is 6.14. The fourth-order valence-electron chi connectivity index (χ4n) is 2.84. The zero-order valence-corrected chi connectivity index (χ0v) is 16.3. The van der Waals surface area contributed by atoms with Gasteiger partial charge in [-0.15, -0.1) is 0 Å². The Balaban J connectivity index is 1.75. The van der Waals surface area contributed by atoms with Crippen LogP contribution in [0.15, 0.2) is 66.7 Å². The van der Waals surface area contributed by atoms with Crippen molar-refractivity contribution in [3.8, 4) is 23.0 Å². The number of hydrogen-bond donors (Lipinski definition) is 0. The van der Waals surface area contributed by atoms with Crippen molar-refractivity contribution in [1.82, 2.24) is 0 Å². The summed E-state index contributed by atoms with van der Waals surface area (Å²) >= 11 is 0. The molecule has 0 heterocycles. The van der Waals surface area contributed by atoms with E-state index in [2.05, 4.69) is 0 Å². The van der Waals surface area contributed by atoms with Crippen molar-refractivity contribution in [2.45, 2.75) is 6.61 Å². The summed E-state index contributed by atoms with van der Waals surface area (Å²) in [5, 5.41) is 0. The molecule has 4 heteroatoms. The van der Waals surface area contributed by atoms with Crippen molar-refractivity contribution < 1.29 is 18.9 Å². The van der Waals surface area contributed by atoms with Crippen LogP contribution in [-0.4, -0.2) is 21.3 Å². The summed E-state index contributed by atoms with van der Waals surface area (Å²) in [6, 6.07) is 21.9. The fraction of sp³-hybridized carbons (Fsp3) is 0.167. The monoisotopic (exact) mass is 376 g/mol. The Morgan fingerprint density at radius 2 is 1.36 bits per heavy atom. The summed E-state index contributed by atoms with van der Waals surface area (Å²) in [7, 11) is 4.81. The van der Waals surface area contributed by atoms with Gasteiger partial charge in [0, 0.05) is 0 Å². The average Bonchev–Trinajstić information content (AvgIpc) is 2.76. The third-order valence-corrected chi connectivity index (χ3v) is 4.26. The molecule has 0 unspecified atom stereocenters. The maximum absolute atomic E-state index is 5.90. The molecule has 0 saturated carbocycles. The first-order valence-corrected chi connectivity index (χ1v) is 8.98. The number of ether oxygens (including phenoxy) is 4. The summed E-state index contributed by atoms with van der Waals surface area (Å²) in [6.45, 7) is 0.543. The molecule has 0 aromatic heterocycles. The first-order valence-electron chi connectivity index (χ1n) is 8.98. The molecule has 0 N–H and O–H groups in total. The lowest BCUT2D eigenvalue weighted by molar-refractivity contribution is 0.306. The van der Waals surface area contributed by atoms with Crippen LogP contribution in [0.3, 0.4) is 0 Å². The molecule has 3 aromatic rings. The first kappa shape index (κ1) is 19.4. The Bertz CT molecular complexity index is 907.